The maximum Gasteiger partial charge on any atom is 0.307 e. The molecule has 0 aliphatic heterocycles. The Kier molecular flexibility index (Phi) is 4.56. The van der Waals surface area contributed by atoms with Gasteiger partial charge >= 0.3 is 5.97 Å². The number of ether oxygens (including phenoxy) is 1. The smallest absolute Gasteiger partial charge is 0.307 e. The number of hydrogen-bond acceptors (Lipinski definition) is 3. The van der Waals surface area contributed by atoms with Gasteiger partial charge in [0.05, 0.1) is 19.1 Å². The first-order chi connectivity index (χ1) is 8.06. The molecule has 0 saturated heterocycles. The Hall–Kier alpha value is -1.98. The van der Waals surface area contributed by atoms with Crippen LogP contribution < -0.4 is 5.32 Å². The number of methoxy groups -OCH3 is 1. The number of carbonyl (C=O) groups is 2. The normalized spacial score (nSPS) is 9.82. The maximum absolute atomic E-state index is 13.2. The molecule has 1 aromatic rings. The van der Waals surface area contributed by atoms with Gasteiger partial charge in [-0.2, -0.15) is 0 Å². The van der Waals surface area contributed by atoms with E-state index in [4.69, 9.17) is 0 Å². The van der Waals surface area contributed by atoms with E-state index in [-0.39, 0.29) is 13.0 Å². The Labute approximate surface area is 96.6 Å². The SMILES string of the molecule is COC(=O)CCNC(=O)c1cccc(F)c1F. The number of esters is 1. The van der Waals surface area contributed by atoms with Crippen LogP contribution >= 0.6 is 0 Å². The summed E-state index contributed by atoms with van der Waals surface area (Å²) in [6.45, 7) is 0.00145. The predicted octanol–water partition coefficient (Wildman–Crippen LogP) is 1.26. The van der Waals surface area contributed by atoms with Gasteiger partial charge in [-0.05, 0) is 12.1 Å². The van der Waals surface area contributed by atoms with Crippen molar-refractivity contribution in [3.05, 3.63) is 35.4 Å². The molecule has 0 saturated carbocycles. The van der Waals surface area contributed by atoms with E-state index in [2.05, 4.69) is 10.1 Å². The van der Waals surface area contributed by atoms with Crippen LogP contribution in [0.3, 0.4) is 0 Å². The summed E-state index contributed by atoms with van der Waals surface area (Å²) in [5, 5.41) is 2.29. The quantitative estimate of drug-likeness (QED) is 0.810. The van der Waals surface area contributed by atoms with Crippen molar-refractivity contribution in [1.82, 2.24) is 5.32 Å². The average molecular weight is 243 g/mol. The fourth-order valence-electron chi connectivity index (χ4n) is 1.15. The van der Waals surface area contributed by atoms with Crippen molar-refractivity contribution in [2.24, 2.45) is 0 Å². The van der Waals surface area contributed by atoms with Gasteiger partial charge in [-0.1, -0.05) is 6.07 Å². The van der Waals surface area contributed by atoms with Crippen molar-refractivity contribution in [3.63, 3.8) is 0 Å². The van der Waals surface area contributed by atoms with Crippen molar-refractivity contribution in [2.75, 3.05) is 13.7 Å². The zero-order chi connectivity index (χ0) is 12.8. The van der Waals surface area contributed by atoms with E-state index in [1.54, 1.807) is 0 Å². The van der Waals surface area contributed by atoms with Crippen LogP contribution in [-0.2, 0) is 9.53 Å². The summed E-state index contributed by atoms with van der Waals surface area (Å²) >= 11 is 0. The molecule has 1 amide bonds. The number of nitrogens with one attached hydrogen (secondary N) is 1. The molecule has 4 nitrogen and oxygen atoms in total. The molecule has 17 heavy (non-hydrogen) atoms. The molecule has 92 valence electrons. The second-order valence-electron chi connectivity index (χ2n) is 3.18. The van der Waals surface area contributed by atoms with Gasteiger partial charge in [0.25, 0.3) is 5.91 Å². The van der Waals surface area contributed by atoms with Gasteiger partial charge in [0.2, 0.25) is 0 Å². The molecule has 6 heteroatoms. The highest BCUT2D eigenvalue weighted by molar-refractivity contribution is 5.94. The van der Waals surface area contributed by atoms with Gasteiger partial charge in [0, 0.05) is 6.54 Å². The van der Waals surface area contributed by atoms with Crippen molar-refractivity contribution in [3.8, 4) is 0 Å². The zero-order valence-electron chi connectivity index (χ0n) is 9.13. The van der Waals surface area contributed by atoms with E-state index in [1.165, 1.54) is 13.2 Å². The number of rotatable bonds is 4. The summed E-state index contributed by atoms with van der Waals surface area (Å²) in [5.41, 5.74) is -0.394. The first-order valence-electron chi connectivity index (χ1n) is 4.85. The molecule has 0 atom stereocenters. The van der Waals surface area contributed by atoms with Crippen LogP contribution in [0.1, 0.15) is 16.8 Å². The fourth-order valence-corrected chi connectivity index (χ4v) is 1.15. The number of benzene rings is 1. The summed E-state index contributed by atoms with van der Waals surface area (Å²) in [6, 6.07) is 3.31. The zero-order valence-corrected chi connectivity index (χ0v) is 9.13. The van der Waals surface area contributed by atoms with E-state index in [0.717, 1.165) is 12.1 Å². The standard InChI is InChI=1S/C11H11F2NO3/c1-17-9(15)5-6-14-11(16)7-3-2-4-8(12)10(7)13/h2-4H,5-6H2,1H3,(H,14,16). The van der Waals surface area contributed by atoms with E-state index in [9.17, 15) is 18.4 Å². The predicted molar refractivity (Wildman–Crippen MR) is 55.3 cm³/mol. The minimum Gasteiger partial charge on any atom is -0.469 e. The summed E-state index contributed by atoms with van der Waals surface area (Å²) in [5.74, 6) is -3.57. The van der Waals surface area contributed by atoms with Crippen molar-refractivity contribution in [2.45, 2.75) is 6.42 Å². The summed E-state index contributed by atoms with van der Waals surface area (Å²) in [7, 11) is 1.22. The number of hydrogen-bond donors (Lipinski definition) is 1. The van der Waals surface area contributed by atoms with E-state index in [1.807, 2.05) is 0 Å². The van der Waals surface area contributed by atoms with E-state index >= 15 is 0 Å². The van der Waals surface area contributed by atoms with Gasteiger partial charge in [-0.3, -0.25) is 9.59 Å². The summed E-state index contributed by atoms with van der Waals surface area (Å²) in [4.78, 5) is 22.2. The van der Waals surface area contributed by atoms with Crippen LogP contribution in [0.5, 0.6) is 0 Å². The monoisotopic (exact) mass is 243 g/mol. The minimum atomic E-state index is -1.21. The second kappa shape index (κ2) is 5.93. The Morgan fingerprint density at radius 3 is 2.71 bits per heavy atom. The lowest BCUT2D eigenvalue weighted by molar-refractivity contribution is -0.140. The molecule has 0 fully saturated rings. The van der Waals surface area contributed by atoms with E-state index in [0.29, 0.717) is 0 Å². The number of amides is 1. The topological polar surface area (TPSA) is 55.4 Å². The largest absolute Gasteiger partial charge is 0.469 e. The van der Waals surface area contributed by atoms with Crippen LogP contribution in [-0.4, -0.2) is 25.5 Å². The van der Waals surface area contributed by atoms with Crippen molar-refractivity contribution in [1.29, 1.82) is 0 Å². The lowest BCUT2D eigenvalue weighted by atomic mass is 10.2. The van der Waals surface area contributed by atoms with Crippen LogP contribution in [0.2, 0.25) is 0 Å². The highest BCUT2D eigenvalue weighted by Gasteiger charge is 2.14. The highest BCUT2D eigenvalue weighted by atomic mass is 19.2. The van der Waals surface area contributed by atoms with Crippen molar-refractivity contribution >= 4 is 11.9 Å². The lowest BCUT2D eigenvalue weighted by Crippen LogP contribution is -2.27. The Morgan fingerprint density at radius 2 is 2.06 bits per heavy atom. The number of carbonyl (C=O) groups excluding carboxylic acids is 2. The molecule has 0 unspecified atom stereocenters. The highest BCUT2D eigenvalue weighted by Crippen LogP contribution is 2.10. The summed E-state index contributed by atoms with van der Waals surface area (Å²) in [6.07, 6.45) is -0.0286. The Morgan fingerprint density at radius 1 is 1.35 bits per heavy atom. The molecule has 1 rings (SSSR count). The third-order valence-electron chi connectivity index (χ3n) is 2.04. The molecule has 1 N–H and O–H groups in total. The molecule has 1 aromatic carbocycles. The summed E-state index contributed by atoms with van der Waals surface area (Å²) < 4.78 is 30.3. The minimum absolute atomic E-state index is 0.00145. The first kappa shape index (κ1) is 13.1. The molecule has 0 aliphatic rings. The third-order valence-corrected chi connectivity index (χ3v) is 2.04. The van der Waals surface area contributed by atoms with Gasteiger partial charge in [-0.25, -0.2) is 8.78 Å². The molecular weight excluding hydrogens is 232 g/mol. The molecular formula is C11H11F2NO3. The average Bonchev–Trinajstić information content (AvgIpc) is 2.32. The van der Waals surface area contributed by atoms with Gasteiger partial charge in [0.1, 0.15) is 0 Å². The molecule has 0 bridgehead atoms. The van der Waals surface area contributed by atoms with Crippen LogP contribution in [0, 0.1) is 11.6 Å². The molecule has 0 radical (unpaired) electrons. The number of halogens is 2. The van der Waals surface area contributed by atoms with Crippen LogP contribution in [0.4, 0.5) is 8.78 Å². The molecule has 0 aliphatic carbocycles. The van der Waals surface area contributed by atoms with Crippen LogP contribution in [0.25, 0.3) is 0 Å². The van der Waals surface area contributed by atoms with Gasteiger partial charge in [0.15, 0.2) is 11.6 Å². The molecule has 0 heterocycles. The van der Waals surface area contributed by atoms with Gasteiger partial charge < -0.3 is 10.1 Å². The Balaban J connectivity index is 2.59. The first-order valence-corrected chi connectivity index (χ1v) is 4.85. The van der Waals surface area contributed by atoms with Crippen molar-refractivity contribution < 1.29 is 23.1 Å². The second-order valence-corrected chi connectivity index (χ2v) is 3.18. The fraction of sp³-hybridized carbons (Fsp3) is 0.273. The molecule has 0 aromatic heterocycles. The molecule has 0 spiro atoms. The van der Waals surface area contributed by atoms with Gasteiger partial charge in [-0.15, -0.1) is 0 Å². The van der Waals surface area contributed by atoms with Crippen LogP contribution in [0.15, 0.2) is 18.2 Å². The Bertz CT molecular complexity index is 435. The maximum atomic E-state index is 13.2. The third kappa shape index (κ3) is 3.51. The van der Waals surface area contributed by atoms with E-state index < -0.39 is 29.1 Å². The lowest BCUT2D eigenvalue weighted by Gasteiger charge is -2.05.